The van der Waals surface area contributed by atoms with Gasteiger partial charge in [-0.05, 0) is 44.4 Å². The van der Waals surface area contributed by atoms with Gasteiger partial charge in [-0.25, -0.2) is 19.7 Å². The van der Waals surface area contributed by atoms with E-state index in [-0.39, 0.29) is 24.6 Å². The average Bonchev–Trinajstić information content (AvgIpc) is 3.70. The lowest BCUT2D eigenvalue weighted by atomic mass is 10.1. The molecule has 2 aromatic carbocycles. The van der Waals surface area contributed by atoms with Gasteiger partial charge in [-0.3, -0.25) is 14.1 Å². The Morgan fingerprint density at radius 2 is 1.88 bits per heavy atom. The second-order valence-corrected chi connectivity index (χ2v) is 11.1. The molecule has 11 heteroatoms. The van der Waals surface area contributed by atoms with E-state index in [1.807, 2.05) is 79.0 Å². The quantitative estimate of drug-likeness (QED) is 0.266. The molecule has 0 saturated carbocycles. The zero-order valence-electron chi connectivity index (χ0n) is 22.7. The van der Waals surface area contributed by atoms with Crippen molar-refractivity contribution in [1.29, 1.82) is 0 Å². The Hall–Kier alpha value is -4.77. The van der Waals surface area contributed by atoms with E-state index < -0.39 is 0 Å². The van der Waals surface area contributed by atoms with E-state index in [9.17, 15) is 9.59 Å². The second-order valence-electron chi connectivity index (χ2n) is 9.93. The monoisotopic (exact) mass is 567 g/mol. The number of nitrogens with zero attached hydrogens (tertiary/aromatic N) is 5. The van der Waals surface area contributed by atoms with E-state index in [4.69, 9.17) is 15.5 Å². The second kappa shape index (κ2) is 11.0. The maximum Gasteiger partial charge on any atom is 0.410 e. The van der Waals surface area contributed by atoms with Crippen molar-refractivity contribution in [2.24, 2.45) is 0 Å². The molecule has 6 rings (SSSR count). The van der Waals surface area contributed by atoms with E-state index in [0.29, 0.717) is 40.1 Å². The fourth-order valence-corrected chi connectivity index (χ4v) is 5.85. The van der Waals surface area contributed by atoms with Crippen LogP contribution in [0.1, 0.15) is 50.6 Å². The molecule has 2 amide bonds. The summed E-state index contributed by atoms with van der Waals surface area (Å²) >= 11 is 1.37. The normalized spacial score (nSPS) is 14.9. The number of thiazole rings is 1. The van der Waals surface area contributed by atoms with Gasteiger partial charge in [0.2, 0.25) is 0 Å². The van der Waals surface area contributed by atoms with Gasteiger partial charge in [0.05, 0.1) is 11.7 Å². The fourth-order valence-electron chi connectivity index (χ4n) is 5.05. The van der Waals surface area contributed by atoms with Gasteiger partial charge in [0, 0.05) is 35.1 Å². The Balaban J connectivity index is 1.26. The maximum absolute atomic E-state index is 13.1. The van der Waals surface area contributed by atoms with E-state index in [2.05, 4.69) is 15.3 Å². The van der Waals surface area contributed by atoms with Crippen LogP contribution < -0.4 is 11.1 Å². The molecule has 1 saturated heterocycles. The zero-order valence-corrected chi connectivity index (χ0v) is 23.5. The molecule has 1 atom stereocenters. The van der Waals surface area contributed by atoms with Crippen LogP contribution in [0.5, 0.6) is 0 Å². The number of ether oxygens (including phenoxy) is 1. The van der Waals surface area contributed by atoms with Crippen LogP contribution in [0.25, 0.3) is 16.8 Å². The van der Waals surface area contributed by atoms with Crippen LogP contribution in [0.15, 0.2) is 67.0 Å². The molecule has 0 radical (unpaired) electrons. The van der Waals surface area contributed by atoms with Crippen molar-refractivity contribution < 1.29 is 14.3 Å². The molecule has 3 N–H and O–H groups in total. The van der Waals surface area contributed by atoms with Crippen LogP contribution in [0, 0.1) is 13.8 Å². The Morgan fingerprint density at radius 1 is 1.10 bits per heavy atom. The molecule has 0 unspecified atom stereocenters. The standard InChI is InChI=1S/C30H29N7O3S/c1-18-19(2)41-29(33-18)28(38)34-22-12-10-21(11-13-22)24-25-26(31)32-14-16-37(25)27(35-24)23-9-6-15-36(23)30(39)40-17-20-7-4-3-5-8-20/h3-5,7-8,10-14,16,23H,6,9,15,17H2,1-2H3,(H2,31,32)(H,34,38)/t23-/m0/s1. The molecule has 10 nitrogen and oxygen atoms in total. The number of nitrogens with one attached hydrogen (secondary N) is 1. The third-order valence-electron chi connectivity index (χ3n) is 7.24. The van der Waals surface area contributed by atoms with Crippen LogP contribution in [0.2, 0.25) is 0 Å². The summed E-state index contributed by atoms with van der Waals surface area (Å²) in [6.45, 7) is 4.62. The van der Waals surface area contributed by atoms with E-state index in [0.717, 1.165) is 34.5 Å². The zero-order chi connectivity index (χ0) is 28.5. The van der Waals surface area contributed by atoms with Crippen LogP contribution in [0.4, 0.5) is 16.3 Å². The summed E-state index contributed by atoms with van der Waals surface area (Å²) in [5, 5.41) is 3.33. The molecule has 0 bridgehead atoms. The maximum atomic E-state index is 13.1. The van der Waals surface area contributed by atoms with Crippen LogP contribution >= 0.6 is 11.3 Å². The largest absolute Gasteiger partial charge is 0.445 e. The molecular weight excluding hydrogens is 538 g/mol. The van der Waals surface area contributed by atoms with Crippen molar-refractivity contribution in [3.8, 4) is 11.3 Å². The molecule has 0 spiro atoms. The number of hydrogen-bond acceptors (Lipinski definition) is 8. The Morgan fingerprint density at radius 3 is 2.61 bits per heavy atom. The number of likely N-dealkylation sites (tertiary alicyclic amines) is 1. The minimum absolute atomic E-state index is 0.206. The summed E-state index contributed by atoms with van der Waals surface area (Å²) in [5.74, 6) is 0.789. The minimum Gasteiger partial charge on any atom is -0.445 e. The van der Waals surface area contributed by atoms with Crippen molar-refractivity contribution in [3.05, 3.63) is 94.0 Å². The predicted octanol–water partition coefficient (Wildman–Crippen LogP) is 5.78. The molecule has 208 valence electrons. The van der Waals surface area contributed by atoms with Gasteiger partial charge < -0.3 is 15.8 Å². The molecule has 1 aliphatic heterocycles. The Bertz CT molecular complexity index is 1710. The summed E-state index contributed by atoms with van der Waals surface area (Å²) in [6, 6.07) is 16.7. The number of aromatic nitrogens is 4. The van der Waals surface area contributed by atoms with Crippen LogP contribution in [-0.2, 0) is 11.3 Å². The SMILES string of the molecule is Cc1nc(C(=O)Nc2ccc(-c3nc([C@@H]4CCCN4C(=O)OCc4ccccc4)n4ccnc(N)c34)cc2)sc1C. The van der Waals surface area contributed by atoms with Crippen LogP contribution in [0.3, 0.4) is 0 Å². The van der Waals surface area contributed by atoms with Crippen molar-refractivity contribution in [3.63, 3.8) is 0 Å². The van der Waals surface area contributed by atoms with E-state index in [1.165, 1.54) is 11.3 Å². The molecule has 1 aliphatic rings. The van der Waals surface area contributed by atoms with Gasteiger partial charge in [0.15, 0.2) is 5.01 Å². The predicted molar refractivity (Wildman–Crippen MR) is 158 cm³/mol. The number of aryl methyl sites for hydroxylation is 2. The van der Waals surface area contributed by atoms with E-state index >= 15 is 0 Å². The third kappa shape index (κ3) is 5.23. The number of benzene rings is 2. The number of carbonyl (C=O) groups excluding carboxylic acids is 2. The lowest BCUT2D eigenvalue weighted by Crippen LogP contribution is -2.32. The van der Waals surface area contributed by atoms with Crippen molar-refractivity contribution in [2.45, 2.75) is 39.3 Å². The Labute approximate surface area is 240 Å². The highest BCUT2D eigenvalue weighted by atomic mass is 32.1. The number of nitrogen functional groups attached to an aromatic ring is 1. The molecule has 0 aliphatic carbocycles. The van der Waals surface area contributed by atoms with Crippen molar-refractivity contribution in [2.75, 3.05) is 17.6 Å². The highest BCUT2D eigenvalue weighted by molar-refractivity contribution is 7.13. The average molecular weight is 568 g/mol. The lowest BCUT2D eigenvalue weighted by molar-refractivity contribution is 0.0907. The summed E-state index contributed by atoms with van der Waals surface area (Å²) in [7, 11) is 0. The highest BCUT2D eigenvalue weighted by Crippen LogP contribution is 2.37. The molecule has 5 aromatic rings. The smallest absolute Gasteiger partial charge is 0.410 e. The first-order valence-corrected chi connectivity index (χ1v) is 14.2. The minimum atomic E-state index is -0.373. The van der Waals surface area contributed by atoms with Gasteiger partial charge in [0.25, 0.3) is 5.91 Å². The highest BCUT2D eigenvalue weighted by Gasteiger charge is 2.35. The Kier molecular flexibility index (Phi) is 7.10. The number of hydrogen-bond donors (Lipinski definition) is 2. The number of anilines is 2. The number of carbonyl (C=O) groups is 2. The lowest BCUT2D eigenvalue weighted by Gasteiger charge is -2.23. The van der Waals surface area contributed by atoms with Gasteiger partial charge in [-0.2, -0.15) is 0 Å². The first kappa shape index (κ1) is 26.5. The molecule has 3 aromatic heterocycles. The number of rotatable bonds is 6. The van der Waals surface area contributed by atoms with Gasteiger partial charge >= 0.3 is 6.09 Å². The topological polar surface area (TPSA) is 128 Å². The van der Waals surface area contributed by atoms with E-state index in [1.54, 1.807) is 11.1 Å². The molecule has 4 heterocycles. The number of nitrogens with two attached hydrogens (primary N) is 1. The fraction of sp³-hybridized carbons (Fsp3) is 0.233. The first-order valence-electron chi connectivity index (χ1n) is 13.3. The molecule has 1 fully saturated rings. The first-order chi connectivity index (χ1) is 19.9. The summed E-state index contributed by atoms with van der Waals surface area (Å²) < 4.78 is 7.56. The van der Waals surface area contributed by atoms with Gasteiger partial charge in [0.1, 0.15) is 29.5 Å². The van der Waals surface area contributed by atoms with Gasteiger partial charge in [-0.1, -0.05) is 42.5 Å². The summed E-state index contributed by atoms with van der Waals surface area (Å²) in [5.41, 5.74) is 10.9. The van der Waals surface area contributed by atoms with Crippen LogP contribution in [-0.4, -0.2) is 42.8 Å². The summed E-state index contributed by atoms with van der Waals surface area (Å²) in [6.07, 6.45) is 4.66. The number of fused-ring (bicyclic) bond motifs is 1. The van der Waals surface area contributed by atoms with Gasteiger partial charge in [-0.15, -0.1) is 11.3 Å². The summed E-state index contributed by atoms with van der Waals surface area (Å²) in [4.78, 5) is 42.2. The number of amides is 2. The third-order valence-corrected chi connectivity index (χ3v) is 8.31. The van der Waals surface area contributed by atoms with Crippen molar-refractivity contribution in [1.82, 2.24) is 24.3 Å². The number of imidazole rings is 1. The molecule has 41 heavy (non-hydrogen) atoms. The van der Waals surface area contributed by atoms with Crippen molar-refractivity contribution >= 4 is 40.4 Å². The molecular formula is C30H29N7O3S.